The molecule has 0 aromatic heterocycles. The minimum atomic E-state index is -0.568. The van der Waals surface area contributed by atoms with Crippen LogP contribution in [0.5, 0.6) is 0 Å². The van der Waals surface area contributed by atoms with Crippen LogP contribution in [0.3, 0.4) is 0 Å². The molecule has 0 aliphatic carbocycles. The second-order valence-electron chi connectivity index (χ2n) is 3.64. The van der Waals surface area contributed by atoms with Crippen LogP contribution in [0, 0.1) is 0 Å². The quantitative estimate of drug-likeness (QED) is 0.483. The highest BCUT2D eigenvalue weighted by atomic mass is 16.7. The lowest BCUT2D eigenvalue weighted by Crippen LogP contribution is -2.44. The van der Waals surface area contributed by atoms with Crippen molar-refractivity contribution in [3.8, 4) is 0 Å². The smallest absolute Gasteiger partial charge is 0.268 e. The highest BCUT2D eigenvalue weighted by Crippen LogP contribution is 2.09. The average molecular weight is 211 g/mol. The van der Waals surface area contributed by atoms with Gasteiger partial charge in [-0.15, -0.1) is 0 Å². The highest BCUT2D eigenvalue weighted by Gasteiger charge is 2.28. The molecule has 2 rings (SSSR count). The van der Waals surface area contributed by atoms with E-state index in [9.17, 15) is 9.59 Å². The maximum Gasteiger partial charge on any atom is 0.268 e. The van der Waals surface area contributed by atoms with Crippen molar-refractivity contribution >= 4 is 11.8 Å². The molecule has 2 aliphatic rings. The van der Waals surface area contributed by atoms with E-state index in [4.69, 9.17) is 4.84 Å². The minimum absolute atomic E-state index is 0.186. The summed E-state index contributed by atoms with van der Waals surface area (Å²) in [4.78, 5) is 27.5. The molecule has 0 saturated carbocycles. The van der Waals surface area contributed by atoms with E-state index in [2.05, 4.69) is 16.1 Å². The third kappa shape index (κ3) is 2.00. The molecule has 2 fully saturated rings. The second-order valence-corrected chi connectivity index (χ2v) is 3.64. The van der Waals surface area contributed by atoms with Crippen molar-refractivity contribution in [1.29, 1.82) is 0 Å². The van der Waals surface area contributed by atoms with Gasteiger partial charge in [0.15, 0.2) is 0 Å². The van der Waals surface area contributed by atoms with E-state index in [1.165, 1.54) is 0 Å². The molecule has 0 bridgehead atoms. The Hall–Kier alpha value is -1.40. The van der Waals surface area contributed by atoms with Gasteiger partial charge in [-0.05, 0) is 12.5 Å². The van der Waals surface area contributed by atoms with Crippen LogP contribution in [0.4, 0.5) is 0 Å². The predicted molar refractivity (Wildman–Crippen MR) is 51.6 cm³/mol. The van der Waals surface area contributed by atoms with Gasteiger partial charge in [-0.2, -0.15) is 0 Å². The first-order valence-corrected chi connectivity index (χ1v) is 4.80. The van der Waals surface area contributed by atoms with Crippen molar-refractivity contribution in [3.63, 3.8) is 0 Å². The largest absolute Gasteiger partial charge is 0.338 e. The summed E-state index contributed by atoms with van der Waals surface area (Å²) in [5.74, 6) is -0.495. The normalized spacial score (nSPS) is 24.5. The summed E-state index contributed by atoms with van der Waals surface area (Å²) in [5, 5.41) is 5.67. The number of nitrogens with one attached hydrogen (secondary N) is 3. The van der Waals surface area contributed by atoms with Crippen LogP contribution in [0.1, 0.15) is 6.92 Å². The zero-order chi connectivity index (χ0) is 10.8. The second kappa shape index (κ2) is 4.00. The fourth-order valence-corrected chi connectivity index (χ4v) is 1.39. The van der Waals surface area contributed by atoms with E-state index in [1.807, 2.05) is 0 Å². The SMILES string of the molecule is CC(C(=O)N[C@@H]1CONC1=O)=C1CNC1. The molecule has 0 aromatic rings. The molecular formula is C9H13N3O3. The van der Waals surface area contributed by atoms with Crippen molar-refractivity contribution in [3.05, 3.63) is 11.1 Å². The molecule has 2 saturated heterocycles. The maximum absolute atomic E-state index is 11.6. The van der Waals surface area contributed by atoms with Gasteiger partial charge in [0.1, 0.15) is 12.6 Å². The van der Waals surface area contributed by atoms with Gasteiger partial charge in [-0.25, -0.2) is 5.48 Å². The fraction of sp³-hybridized carbons (Fsp3) is 0.556. The molecule has 6 nitrogen and oxygen atoms in total. The summed E-state index contributed by atoms with van der Waals surface area (Å²) in [6.07, 6.45) is 0. The Labute approximate surface area is 87.0 Å². The Kier molecular flexibility index (Phi) is 2.70. The topological polar surface area (TPSA) is 79.5 Å². The first-order chi connectivity index (χ1) is 7.18. The van der Waals surface area contributed by atoms with Crippen LogP contribution in [0.2, 0.25) is 0 Å². The van der Waals surface area contributed by atoms with E-state index >= 15 is 0 Å². The monoisotopic (exact) mass is 211 g/mol. The first kappa shape index (κ1) is 10.1. The molecule has 2 heterocycles. The maximum atomic E-state index is 11.6. The Morgan fingerprint density at radius 3 is 2.73 bits per heavy atom. The third-order valence-electron chi connectivity index (χ3n) is 2.59. The van der Waals surface area contributed by atoms with Gasteiger partial charge >= 0.3 is 0 Å². The van der Waals surface area contributed by atoms with Crippen LogP contribution in [-0.4, -0.2) is 37.6 Å². The van der Waals surface area contributed by atoms with Gasteiger partial charge in [0.25, 0.3) is 5.91 Å². The van der Waals surface area contributed by atoms with Gasteiger partial charge in [-0.3, -0.25) is 14.4 Å². The molecule has 2 aliphatic heterocycles. The van der Waals surface area contributed by atoms with Crippen LogP contribution < -0.4 is 16.1 Å². The van der Waals surface area contributed by atoms with Crippen molar-refractivity contribution in [1.82, 2.24) is 16.1 Å². The van der Waals surface area contributed by atoms with Gasteiger partial charge in [0, 0.05) is 18.7 Å². The lowest BCUT2D eigenvalue weighted by atomic mass is 10.0. The summed E-state index contributed by atoms with van der Waals surface area (Å²) in [6.45, 7) is 3.46. The molecule has 0 unspecified atom stereocenters. The van der Waals surface area contributed by atoms with Gasteiger partial charge in [0.05, 0.1) is 0 Å². The Morgan fingerprint density at radius 1 is 1.53 bits per heavy atom. The molecule has 1 atom stereocenters. The summed E-state index contributed by atoms with van der Waals surface area (Å²) >= 11 is 0. The van der Waals surface area contributed by atoms with Crippen LogP contribution in [-0.2, 0) is 14.4 Å². The van der Waals surface area contributed by atoms with E-state index in [0.717, 1.165) is 18.7 Å². The lowest BCUT2D eigenvalue weighted by Gasteiger charge is -2.21. The summed E-state index contributed by atoms with van der Waals surface area (Å²) < 4.78 is 0. The number of hydrogen-bond acceptors (Lipinski definition) is 4. The lowest BCUT2D eigenvalue weighted by molar-refractivity contribution is -0.127. The highest BCUT2D eigenvalue weighted by molar-refractivity contribution is 5.97. The Bertz CT molecular complexity index is 331. The molecule has 0 radical (unpaired) electrons. The van der Waals surface area contributed by atoms with Gasteiger partial charge < -0.3 is 10.6 Å². The van der Waals surface area contributed by atoms with Crippen molar-refractivity contribution in [2.24, 2.45) is 0 Å². The molecule has 15 heavy (non-hydrogen) atoms. The van der Waals surface area contributed by atoms with E-state index in [-0.39, 0.29) is 18.4 Å². The zero-order valence-electron chi connectivity index (χ0n) is 8.42. The molecule has 6 heteroatoms. The summed E-state index contributed by atoms with van der Waals surface area (Å²) in [5.41, 5.74) is 3.97. The van der Waals surface area contributed by atoms with E-state index in [0.29, 0.717) is 5.57 Å². The molecule has 82 valence electrons. The van der Waals surface area contributed by atoms with E-state index < -0.39 is 6.04 Å². The molecule has 0 aromatic carbocycles. The molecule has 0 spiro atoms. The van der Waals surface area contributed by atoms with Gasteiger partial charge in [0.2, 0.25) is 5.91 Å². The summed E-state index contributed by atoms with van der Waals surface area (Å²) in [6, 6.07) is -0.568. The van der Waals surface area contributed by atoms with Crippen molar-refractivity contribution in [2.45, 2.75) is 13.0 Å². The minimum Gasteiger partial charge on any atom is -0.338 e. The number of hydrogen-bond donors (Lipinski definition) is 3. The fourth-order valence-electron chi connectivity index (χ4n) is 1.39. The Balaban J connectivity index is 1.94. The van der Waals surface area contributed by atoms with Crippen molar-refractivity contribution in [2.75, 3.05) is 19.7 Å². The number of carbonyl (C=O) groups excluding carboxylic acids is 2. The number of carbonyl (C=O) groups is 2. The van der Waals surface area contributed by atoms with Gasteiger partial charge in [-0.1, -0.05) is 0 Å². The van der Waals surface area contributed by atoms with Crippen LogP contribution in [0.15, 0.2) is 11.1 Å². The van der Waals surface area contributed by atoms with Crippen LogP contribution in [0.25, 0.3) is 0 Å². The molecule has 2 amide bonds. The number of amides is 2. The third-order valence-corrected chi connectivity index (χ3v) is 2.59. The summed E-state index contributed by atoms with van der Waals surface area (Å²) in [7, 11) is 0. The zero-order valence-corrected chi connectivity index (χ0v) is 8.42. The Morgan fingerprint density at radius 2 is 2.27 bits per heavy atom. The van der Waals surface area contributed by atoms with Crippen molar-refractivity contribution < 1.29 is 14.4 Å². The molecule has 3 N–H and O–H groups in total. The number of rotatable bonds is 2. The van der Waals surface area contributed by atoms with E-state index in [1.54, 1.807) is 6.92 Å². The van der Waals surface area contributed by atoms with Crippen LogP contribution >= 0.6 is 0 Å². The molecular weight excluding hydrogens is 198 g/mol. The first-order valence-electron chi connectivity index (χ1n) is 4.80. The number of hydroxylamine groups is 1. The predicted octanol–water partition coefficient (Wildman–Crippen LogP) is -1.55. The average Bonchev–Trinajstić information content (AvgIpc) is 2.49. The standard InChI is InChI=1S/C9H13N3O3/c1-5(6-2-10-3-6)8(13)11-7-4-15-12-9(7)14/h7,10H,2-4H2,1H3,(H,11,13)(H,12,14)/t7-/m1/s1.